The van der Waals surface area contributed by atoms with Crippen LogP contribution in [0.4, 0.5) is 0 Å². The molecule has 0 amide bonds. The summed E-state index contributed by atoms with van der Waals surface area (Å²) in [5, 5.41) is 9.50. The van der Waals surface area contributed by atoms with Crippen molar-refractivity contribution in [3.8, 4) is 11.8 Å². The average molecular weight is 265 g/mol. The Bertz CT molecular complexity index is 623. The summed E-state index contributed by atoms with van der Waals surface area (Å²) in [6, 6.07) is 16.7. The number of methoxy groups -OCH3 is 1. The zero-order valence-corrected chi connectivity index (χ0v) is 12.2. The van der Waals surface area contributed by atoms with Crippen molar-refractivity contribution in [3.05, 3.63) is 64.7 Å². The minimum atomic E-state index is -0.187. The van der Waals surface area contributed by atoms with Crippen molar-refractivity contribution in [2.45, 2.75) is 26.2 Å². The van der Waals surface area contributed by atoms with Gasteiger partial charge in [0.15, 0.2) is 0 Å². The van der Waals surface area contributed by atoms with Crippen molar-refractivity contribution < 1.29 is 4.74 Å². The molecule has 1 atom stereocenters. The number of aryl methyl sites for hydroxylation is 2. The molecule has 2 aromatic rings. The van der Waals surface area contributed by atoms with Gasteiger partial charge in [-0.25, -0.2) is 0 Å². The summed E-state index contributed by atoms with van der Waals surface area (Å²) in [5.74, 6) is 0.599. The first-order chi connectivity index (χ1) is 9.63. The molecule has 102 valence electrons. The third-order valence-electron chi connectivity index (χ3n) is 3.48. The van der Waals surface area contributed by atoms with Crippen LogP contribution in [-0.2, 0) is 6.42 Å². The van der Waals surface area contributed by atoms with E-state index in [0.717, 1.165) is 16.9 Å². The summed E-state index contributed by atoms with van der Waals surface area (Å²) in [7, 11) is 1.65. The molecule has 0 heterocycles. The van der Waals surface area contributed by atoms with E-state index in [0.29, 0.717) is 6.42 Å². The molecule has 2 rings (SSSR count). The van der Waals surface area contributed by atoms with E-state index < -0.39 is 0 Å². The van der Waals surface area contributed by atoms with E-state index in [2.05, 4.69) is 37.3 Å². The van der Waals surface area contributed by atoms with Crippen LogP contribution in [0.15, 0.2) is 42.5 Å². The number of benzene rings is 2. The summed E-state index contributed by atoms with van der Waals surface area (Å²) >= 11 is 0. The number of ether oxygens (including phenoxy) is 1. The summed E-state index contributed by atoms with van der Waals surface area (Å²) in [4.78, 5) is 0. The van der Waals surface area contributed by atoms with Crippen molar-refractivity contribution in [3.63, 3.8) is 0 Å². The minimum absolute atomic E-state index is 0.187. The van der Waals surface area contributed by atoms with Crippen LogP contribution in [0.5, 0.6) is 5.75 Å². The molecule has 0 N–H and O–H groups in total. The molecule has 0 spiro atoms. The van der Waals surface area contributed by atoms with Crippen LogP contribution >= 0.6 is 0 Å². The molecule has 2 heteroatoms. The zero-order chi connectivity index (χ0) is 14.5. The lowest BCUT2D eigenvalue weighted by atomic mass is 9.91. The van der Waals surface area contributed by atoms with Gasteiger partial charge in [-0.2, -0.15) is 5.26 Å². The van der Waals surface area contributed by atoms with Crippen LogP contribution in [0.3, 0.4) is 0 Å². The van der Waals surface area contributed by atoms with E-state index >= 15 is 0 Å². The highest BCUT2D eigenvalue weighted by Gasteiger charge is 2.16. The summed E-state index contributed by atoms with van der Waals surface area (Å²) < 4.78 is 5.39. The van der Waals surface area contributed by atoms with Crippen LogP contribution in [-0.4, -0.2) is 7.11 Å². The molecule has 1 unspecified atom stereocenters. The van der Waals surface area contributed by atoms with E-state index in [9.17, 15) is 5.26 Å². The third-order valence-corrected chi connectivity index (χ3v) is 3.48. The molecule has 0 aliphatic carbocycles. The van der Waals surface area contributed by atoms with E-state index in [1.165, 1.54) is 11.1 Å². The Morgan fingerprint density at radius 1 is 1.05 bits per heavy atom. The van der Waals surface area contributed by atoms with Gasteiger partial charge in [0.25, 0.3) is 0 Å². The van der Waals surface area contributed by atoms with E-state index in [-0.39, 0.29) is 5.92 Å². The Kier molecular flexibility index (Phi) is 4.42. The number of nitriles is 1. The summed E-state index contributed by atoms with van der Waals surface area (Å²) in [6.45, 7) is 4.10. The van der Waals surface area contributed by atoms with Gasteiger partial charge in [0.1, 0.15) is 5.75 Å². The summed E-state index contributed by atoms with van der Waals surface area (Å²) in [6.07, 6.45) is 0.705. The van der Waals surface area contributed by atoms with Gasteiger partial charge < -0.3 is 4.74 Å². The lowest BCUT2D eigenvalue weighted by Gasteiger charge is -2.14. The average Bonchev–Trinajstić information content (AvgIpc) is 2.46. The Balaban J connectivity index is 2.31. The van der Waals surface area contributed by atoms with E-state index in [4.69, 9.17) is 4.74 Å². The Morgan fingerprint density at radius 3 is 2.30 bits per heavy atom. The fraction of sp³-hybridized carbons (Fsp3) is 0.278. The molecular weight excluding hydrogens is 246 g/mol. The van der Waals surface area contributed by atoms with Crippen molar-refractivity contribution >= 4 is 0 Å². The standard InChI is InChI=1S/C18H19NO/c1-13-4-7-15(8-5-13)11-16(12-19)17-10-14(2)6-9-18(17)20-3/h4-10,16H,11H2,1-3H3. The minimum Gasteiger partial charge on any atom is -0.496 e. The maximum atomic E-state index is 9.50. The molecular formula is C18H19NO. The summed E-state index contributed by atoms with van der Waals surface area (Å²) in [5.41, 5.74) is 4.52. The molecule has 0 aliphatic rings. The predicted octanol–water partition coefficient (Wildman–Crippen LogP) is 4.16. The topological polar surface area (TPSA) is 33.0 Å². The van der Waals surface area contributed by atoms with Crippen LogP contribution < -0.4 is 4.74 Å². The number of nitrogens with zero attached hydrogens (tertiary/aromatic N) is 1. The highest BCUT2D eigenvalue weighted by Crippen LogP contribution is 2.30. The Morgan fingerprint density at radius 2 is 1.70 bits per heavy atom. The quantitative estimate of drug-likeness (QED) is 0.831. The van der Waals surface area contributed by atoms with Gasteiger partial charge >= 0.3 is 0 Å². The molecule has 20 heavy (non-hydrogen) atoms. The van der Waals surface area contributed by atoms with Crippen molar-refractivity contribution in [1.29, 1.82) is 5.26 Å². The molecule has 2 aromatic carbocycles. The van der Waals surface area contributed by atoms with Crippen molar-refractivity contribution in [1.82, 2.24) is 0 Å². The monoisotopic (exact) mass is 265 g/mol. The number of hydrogen-bond donors (Lipinski definition) is 0. The Hall–Kier alpha value is -2.27. The largest absolute Gasteiger partial charge is 0.496 e. The van der Waals surface area contributed by atoms with Gasteiger partial charge in [-0.1, -0.05) is 47.5 Å². The number of rotatable bonds is 4. The van der Waals surface area contributed by atoms with Crippen molar-refractivity contribution in [2.24, 2.45) is 0 Å². The third kappa shape index (κ3) is 3.19. The molecule has 0 radical (unpaired) electrons. The first-order valence-corrected chi connectivity index (χ1v) is 6.73. The van der Waals surface area contributed by atoms with Gasteiger partial charge in [-0.15, -0.1) is 0 Å². The molecule has 0 fully saturated rings. The molecule has 0 aromatic heterocycles. The normalized spacial score (nSPS) is 11.7. The lowest BCUT2D eigenvalue weighted by Crippen LogP contribution is -2.03. The molecule has 0 saturated carbocycles. The van der Waals surface area contributed by atoms with Crippen molar-refractivity contribution in [2.75, 3.05) is 7.11 Å². The predicted molar refractivity (Wildman–Crippen MR) is 81.0 cm³/mol. The Labute approximate surface area is 120 Å². The zero-order valence-electron chi connectivity index (χ0n) is 12.2. The van der Waals surface area contributed by atoms with Gasteiger partial charge in [-0.05, 0) is 31.9 Å². The van der Waals surface area contributed by atoms with Gasteiger partial charge in [0.05, 0.1) is 19.1 Å². The van der Waals surface area contributed by atoms with Crippen LogP contribution in [0.1, 0.15) is 28.2 Å². The highest BCUT2D eigenvalue weighted by molar-refractivity contribution is 5.43. The maximum Gasteiger partial charge on any atom is 0.123 e. The first kappa shape index (κ1) is 14.1. The second-order valence-electron chi connectivity index (χ2n) is 5.12. The second kappa shape index (κ2) is 6.25. The smallest absolute Gasteiger partial charge is 0.123 e. The van der Waals surface area contributed by atoms with E-state index in [1.807, 2.05) is 25.1 Å². The first-order valence-electron chi connectivity index (χ1n) is 6.73. The van der Waals surface area contributed by atoms with E-state index in [1.54, 1.807) is 7.11 Å². The fourth-order valence-corrected chi connectivity index (χ4v) is 2.31. The second-order valence-corrected chi connectivity index (χ2v) is 5.12. The SMILES string of the molecule is COc1ccc(C)cc1C(C#N)Cc1ccc(C)cc1. The van der Waals surface area contributed by atoms with Crippen LogP contribution in [0.2, 0.25) is 0 Å². The van der Waals surface area contributed by atoms with Crippen LogP contribution in [0.25, 0.3) is 0 Å². The molecule has 0 bridgehead atoms. The molecule has 2 nitrogen and oxygen atoms in total. The van der Waals surface area contributed by atoms with Gasteiger partial charge in [-0.3, -0.25) is 0 Å². The van der Waals surface area contributed by atoms with Gasteiger partial charge in [0, 0.05) is 5.56 Å². The number of hydrogen-bond acceptors (Lipinski definition) is 2. The molecule has 0 saturated heterocycles. The van der Waals surface area contributed by atoms with Crippen LogP contribution in [0, 0.1) is 25.2 Å². The van der Waals surface area contributed by atoms with Gasteiger partial charge in [0.2, 0.25) is 0 Å². The fourth-order valence-electron chi connectivity index (χ4n) is 2.31. The lowest BCUT2D eigenvalue weighted by molar-refractivity contribution is 0.408. The highest BCUT2D eigenvalue weighted by atomic mass is 16.5. The molecule has 0 aliphatic heterocycles. The maximum absolute atomic E-state index is 9.50.